The molecule has 0 radical (unpaired) electrons. The number of quaternary nitrogens is 1. The lowest BCUT2D eigenvalue weighted by molar-refractivity contribution is -0.936. The summed E-state index contributed by atoms with van der Waals surface area (Å²) in [7, 11) is 0. The van der Waals surface area contributed by atoms with Crippen molar-refractivity contribution in [1.29, 1.82) is 0 Å². The standard InChI is InChI=1S/C28H55N2O/c1-3-5-6-7-8-9-10-11-12-13-14-15-16-17-18-19-20-21-22-23-28-29-24-25-30(28,4-2)26-27-31/h3,24,28,31H,1,4-23,25-27H2,2H3/q+1. The van der Waals surface area contributed by atoms with Gasteiger partial charge in [0.15, 0.2) is 6.17 Å². The van der Waals surface area contributed by atoms with Gasteiger partial charge in [-0.2, -0.15) is 0 Å². The maximum Gasteiger partial charge on any atom is 0.182 e. The van der Waals surface area contributed by atoms with E-state index in [4.69, 9.17) is 4.99 Å². The van der Waals surface area contributed by atoms with Crippen LogP contribution in [0.1, 0.15) is 129 Å². The number of nitrogens with zero attached hydrogens (tertiary/aromatic N) is 2. The third-order valence-corrected chi connectivity index (χ3v) is 7.40. The molecule has 0 bridgehead atoms. The normalized spacial score (nSPS) is 20.5. The number of hydrogen-bond donors (Lipinski definition) is 1. The van der Waals surface area contributed by atoms with Crippen molar-refractivity contribution in [3.8, 4) is 0 Å². The molecule has 0 amide bonds. The molecule has 3 nitrogen and oxygen atoms in total. The third-order valence-electron chi connectivity index (χ3n) is 7.40. The second-order valence-corrected chi connectivity index (χ2v) is 9.85. The number of unbranched alkanes of at least 4 members (excludes halogenated alkanes) is 17. The number of allylic oxidation sites excluding steroid dienone is 1. The molecule has 0 spiro atoms. The van der Waals surface area contributed by atoms with E-state index < -0.39 is 0 Å². The number of aliphatic hydroxyl groups excluding tert-OH is 1. The maximum absolute atomic E-state index is 9.40. The van der Waals surface area contributed by atoms with Gasteiger partial charge in [-0.15, -0.1) is 6.58 Å². The Labute approximate surface area is 195 Å². The van der Waals surface area contributed by atoms with Gasteiger partial charge in [0.2, 0.25) is 0 Å². The zero-order valence-corrected chi connectivity index (χ0v) is 21.0. The first-order valence-electron chi connectivity index (χ1n) is 13.9. The lowest BCUT2D eigenvalue weighted by atomic mass is 10.0. The predicted octanol–water partition coefficient (Wildman–Crippen LogP) is 7.82. The average molecular weight is 436 g/mol. The summed E-state index contributed by atoms with van der Waals surface area (Å²) in [5.74, 6) is 0. The van der Waals surface area contributed by atoms with Crippen LogP contribution in [0, 0.1) is 0 Å². The van der Waals surface area contributed by atoms with Gasteiger partial charge < -0.3 is 5.11 Å². The van der Waals surface area contributed by atoms with Gasteiger partial charge >= 0.3 is 0 Å². The molecular formula is C28H55N2O+. The number of likely N-dealkylation sites (N-methyl/N-ethyl adjacent to an activating group) is 1. The first-order valence-corrected chi connectivity index (χ1v) is 13.9. The van der Waals surface area contributed by atoms with Crippen LogP contribution in [-0.2, 0) is 0 Å². The molecular weight excluding hydrogens is 380 g/mol. The lowest BCUT2D eigenvalue weighted by Gasteiger charge is -2.37. The molecule has 1 aliphatic heterocycles. The molecule has 0 aromatic rings. The van der Waals surface area contributed by atoms with Crippen LogP contribution in [0.3, 0.4) is 0 Å². The van der Waals surface area contributed by atoms with Crippen LogP contribution in [-0.4, -0.2) is 48.2 Å². The largest absolute Gasteiger partial charge is 0.391 e. The van der Waals surface area contributed by atoms with Crippen molar-refractivity contribution in [2.75, 3.05) is 26.2 Å². The number of hydrogen-bond acceptors (Lipinski definition) is 2. The monoisotopic (exact) mass is 435 g/mol. The second-order valence-electron chi connectivity index (χ2n) is 9.85. The van der Waals surface area contributed by atoms with Crippen molar-refractivity contribution >= 4 is 6.21 Å². The van der Waals surface area contributed by atoms with Gasteiger partial charge in [-0.05, 0) is 26.2 Å². The highest BCUT2D eigenvalue weighted by Gasteiger charge is 2.36. The van der Waals surface area contributed by atoms with Gasteiger partial charge in [0.25, 0.3) is 0 Å². The Morgan fingerprint density at radius 1 is 0.806 bits per heavy atom. The third kappa shape index (κ3) is 13.5. The summed E-state index contributed by atoms with van der Waals surface area (Å²) in [6, 6.07) is 0. The van der Waals surface area contributed by atoms with Gasteiger partial charge in [-0.25, -0.2) is 4.99 Å². The summed E-state index contributed by atoms with van der Waals surface area (Å²) in [5, 5.41) is 9.40. The van der Waals surface area contributed by atoms with Crippen LogP contribution >= 0.6 is 0 Å². The van der Waals surface area contributed by atoms with Gasteiger partial charge in [0, 0.05) is 6.42 Å². The molecule has 0 saturated carbocycles. The minimum absolute atomic E-state index is 0.282. The van der Waals surface area contributed by atoms with Crippen molar-refractivity contribution in [2.24, 2.45) is 4.99 Å². The molecule has 182 valence electrons. The SMILES string of the molecule is C=CCCCCCCCCCCCCCCCCCCCC1N=CC[N+]1(CC)CCO. The minimum Gasteiger partial charge on any atom is -0.391 e. The van der Waals surface area contributed by atoms with E-state index in [0.717, 1.165) is 24.1 Å². The van der Waals surface area contributed by atoms with E-state index in [-0.39, 0.29) is 6.61 Å². The quantitative estimate of drug-likeness (QED) is 0.0990. The lowest BCUT2D eigenvalue weighted by Crippen LogP contribution is -2.53. The molecule has 0 aromatic carbocycles. The predicted molar refractivity (Wildman–Crippen MR) is 138 cm³/mol. The molecule has 31 heavy (non-hydrogen) atoms. The van der Waals surface area contributed by atoms with Crippen molar-refractivity contribution in [2.45, 2.75) is 135 Å². The van der Waals surface area contributed by atoms with Gasteiger partial charge in [-0.3, -0.25) is 4.48 Å². The zero-order valence-electron chi connectivity index (χ0n) is 21.0. The summed E-state index contributed by atoms with van der Waals surface area (Å²) in [5.41, 5.74) is 0. The van der Waals surface area contributed by atoms with Crippen molar-refractivity contribution in [3.05, 3.63) is 12.7 Å². The van der Waals surface area contributed by atoms with Crippen LogP contribution in [0.5, 0.6) is 0 Å². The number of aliphatic imine (C=N–C) groups is 1. The highest BCUT2D eigenvalue weighted by molar-refractivity contribution is 5.60. The Balaban J connectivity index is 1.80. The average Bonchev–Trinajstić information content (AvgIpc) is 3.18. The molecule has 1 rings (SSSR count). The minimum atomic E-state index is 0.282. The van der Waals surface area contributed by atoms with Crippen LogP contribution < -0.4 is 0 Å². The van der Waals surface area contributed by atoms with Crippen molar-refractivity contribution < 1.29 is 9.59 Å². The molecule has 0 aromatic heterocycles. The van der Waals surface area contributed by atoms with E-state index in [9.17, 15) is 5.11 Å². The molecule has 0 saturated heterocycles. The van der Waals surface area contributed by atoms with Gasteiger partial charge in [0.05, 0.1) is 19.4 Å². The molecule has 2 atom stereocenters. The van der Waals surface area contributed by atoms with Gasteiger partial charge in [0.1, 0.15) is 13.1 Å². The molecule has 0 aliphatic carbocycles. The topological polar surface area (TPSA) is 32.6 Å². The molecule has 0 fully saturated rings. The summed E-state index contributed by atoms with van der Waals surface area (Å²) in [6.45, 7) is 9.27. The van der Waals surface area contributed by atoms with E-state index in [0.29, 0.717) is 6.17 Å². The van der Waals surface area contributed by atoms with Crippen LogP contribution in [0.25, 0.3) is 0 Å². The fourth-order valence-electron chi connectivity index (χ4n) is 5.15. The summed E-state index contributed by atoms with van der Waals surface area (Å²) in [4.78, 5) is 4.73. The Hall–Kier alpha value is -0.670. The van der Waals surface area contributed by atoms with E-state index >= 15 is 0 Å². The van der Waals surface area contributed by atoms with E-state index in [1.807, 2.05) is 6.08 Å². The van der Waals surface area contributed by atoms with Crippen molar-refractivity contribution in [1.82, 2.24) is 0 Å². The number of aliphatic hydroxyl groups is 1. The second kappa shape index (κ2) is 20.0. The molecule has 1 heterocycles. The summed E-state index contributed by atoms with van der Waals surface area (Å²) >= 11 is 0. The molecule has 2 unspecified atom stereocenters. The van der Waals surface area contributed by atoms with E-state index in [1.54, 1.807) is 0 Å². The highest BCUT2D eigenvalue weighted by atomic mass is 16.3. The van der Waals surface area contributed by atoms with Gasteiger partial charge in [-0.1, -0.05) is 102 Å². The zero-order chi connectivity index (χ0) is 22.5. The van der Waals surface area contributed by atoms with E-state index in [1.165, 1.54) is 122 Å². The highest BCUT2D eigenvalue weighted by Crippen LogP contribution is 2.24. The van der Waals surface area contributed by atoms with Crippen molar-refractivity contribution in [3.63, 3.8) is 0 Å². The van der Waals surface area contributed by atoms with Crippen LogP contribution in [0.15, 0.2) is 17.6 Å². The Bertz CT molecular complexity index is 437. The fourth-order valence-corrected chi connectivity index (χ4v) is 5.15. The Kier molecular flexibility index (Phi) is 18.3. The van der Waals surface area contributed by atoms with Crippen LogP contribution in [0.2, 0.25) is 0 Å². The first-order chi connectivity index (χ1) is 15.3. The van der Waals surface area contributed by atoms with Crippen LogP contribution in [0.4, 0.5) is 0 Å². The molecule has 1 aliphatic rings. The summed E-state index contributed by atoms with van der Waals surface area (Å²) in [6.07, 6.45) is 31.0. The van der Waals surface area contributed by atoms with E-state index in [2.05, 4.69) is 19.7 Å². The number of rotatable bonds is 23. The smallest absolute Gasteiger partial charge is 0.182 e. The first kappa shape index (κ1) is 28.4. The Morgan fingerprint density at radius 2 is 1.26 bits per heavy atom. The maximum atomic E-state index is 9.40. The summed E-state index contributed by atoms with van der Waals surface area (Å²) < 4.78 is 0.979. The molecule has 1 N–H and O–H groups in total. The Morgan fingerprint density at radius 3 is 1.68 bits per heavy atom. The molecule has 3 heteroatoms. The fraction of sp³-hybridized carbons (Fsp3) is 0.893.